The van der Waals surface area contributed by atoms with Crippen LogP contribution in [0.1, 0.15) is 5.56 Å². The lowest BCUT2D eigenvalue weighted by molar-refractivity contribution is 0.846. The Balaban J connectivity index is 1.91. The molecule has 0 saturated carbocycles. The van der Waals surface area contributed by atoms with E-state index in [1.54, 1.807) is 6.20 Å². The standard InChI is InChI=1S/C17H15N3S/c1-12-3-5-13(6-4-12)14-7-9-15(10-8-14)16-11-18-20-17(19-16)21-2/h3-11H,1-2H3. The number of rotatable bonds is 3. The van der Waals surface area contributed by atoms with Crippen molar-refractivity contribution in [2.45, 2.75) is 12.1 Å². The summed E-state index contributed by atoms with van der Waals surface area (Å²) in [7, 11) is 0. The minimum atomic E-state index is 0.690. The summed E-state index contributed by atoms with van der Waals surface area (Å²) in [5.74, 6) is 0. The Bertz CT molecular complexity index is 737. The highest BCUT2D eigenvalue weighted by Gasteiger charge is 2.04. The van der Waals surface area contributed by atoms with Gasteiger partial charge in [0.15, 0.2) is 0 Å². The fourth-order valence-corrected chi connectivity index (χ4v) is 2.41. The summed E-state index contributed by atoms with van der Waals surface area (Å²) in [6, 6.07) is 16.9. The molecule has 0 amide bonds. The first-order valence-electron chi connectivity index (χ1n) is 6.67. The summed E-state index contributed by atoms with van der Waals surface area (Å²) in [6.07, 6.45) is 3.64. The van der Waals surface area contributed by atoms with E-state index in [1.807, 2.05) is 6.26 Å². The van der Waals surface area contributed by atoms with E-state index in [9.17, 15) is 0 Å². The smallest absolute Gasteiger partial charge is 0.209 e. The van der Waals surface area contributed by atoms with Crippen molar-refractivity contribution in [2.24, 2.45) is 0 Å². The third-order valence-corrected chi connectivity index (χ3v) is 3.83. The number of benzene rings is 2. The van der Waals surface area contributed by atoms with E-state index in [0.29, 0.717) is 5.16 Å². The van der Waals surface area contributed by atoms with Crippen molar-refractivity contribution >= 4 is 11.8 Å². The maximum absolute atomic E-state index is 4.46. The number of aryl methyl sites for hydroxylation is 1. The van der Waals surface area contributed by atoms with E-state index in [4.69, 9.17) is 0 Å². The Hall–Kier alpha value is -2.20. The van der Waals surface area contributed by atoms with Crippen LogP contribution < -0.4 is 0 Å². The minimum Gasteiger partial charge on any atom is -0.219 e. The Kier molecular flexibility index (Phi) is 3.97. The van der Waals surface area contributed by atoms with Crippen molar-refractivity contribution in [2.75, 3.05) is 6.26 Å². The highest BCUT2D eigenvalue weighted by molar-refractivity contribution is 7.98. The monoisotopic (exact) mass is 293 g/mol. The molecule has 0 fully saturated rings. The van der Waals surface area contributed by atoms with E-state index in [-0.39, 0.29) is 0 Å². The zero-order chi connectivity index (χ0) is 14.7. The van der Waals surface area contributed by atoms with Gasteiger partial charge in [0.1, 0.15) is 0 Å². The van der Waals surface area contributed by atoms with Crippen LogP contribution in [0.2, 0.25) is 0 Å². The molecule has 0 aliphatic rings. The highest BCUT2D eigenvalue weighted by atomic mass is 32.2. The zero-order valence-electron chi connectivity index (χ0n) is 11.9. The summed E-state index contributed by atoms with van der Waals surface area (Å²) < 4.78 is 0. The van der Waals surface area contributed by atoms with Crippen LogP contribution in [0, 0.1) is 6.92 Å². The van der Waals surface area contributed by atoms with Gasteiger partial charge in [-0.25, -0.2) is 4.98 Å². The molecule has 0 spiro atoms. The van der Waals surface area contributed by atoms with Crippen molar-refractivity contribution in [1.82, 2.24) is 15.2 Å². The number of aromatic nitrogens is 3. The summed E-state index contributed by atoms with van der Waals surface area (Å²) >= 11 is 1.49. The van der Waals surface area contributed by atoms with Crippen LogP contribution >= 0.6 is 11.8 Å². The van der Waals surface area contributed by atoms with Crippen LogP contribution in [-0.2, 0) is 0 Å². The lowest BCUT2D eigenvalue weighted by Crippen LogP contribution is -1.92. The molecule has 1 aromatic heterocycles. The fourth-order valence-electron chi connectivity index (χ4n) is 2.09. The molecule has 4 heteroatoms. The minimum absolute atomic E-state index is 0.690. The van der Waals surface area contributed by atoms with E-state index in [1.165, 1.54) is 28.5 Å². The first kappa shape index (κ1) is 13.8. The van der Waals surface area contributed by atoms with Gasteiger partial charge in [0, 0.05) is 5.56 Å². The second kappa shape index (κ2) is 6.06. The molecular formula is C17H15N3S. The van der Waals surface area contributed by atoms with E-state index >= 15 is 0 Å². The van der Waals surface area contributed by atoms with Gasteiger partial charge in [-0.2, -0.15) is 5.10 Å². The highest BCUT2D eigenvalue weighted by Crippen LogP contribution is 2.24. The SMILES string of the molecule is CSc1nncc(-c2ccc(-c3ccc(C)cc3)cc2)n1. The van der Waals surface area contributed by atoms with E-state index < -0.39 is 0 Å². The third kappa shape index (κ3) is 3.11. The summed E-state index contributed by atoms with van der Waals surface area (Å²) in [5.41, 5.74) is 5.59. The molecule has 3 rings (SSSR count). The van der Waals surface area contributed by atoms with Gasteiger partial charge in [-0.15, -0.1) is 5.10 Å². The fraction of sp³-hybridized carbons (Fsp3) is 0.118. The molecule has 0 bridgehead atoms. The van der Waals surface area contributed by atoms with Gasteiger partial charge < -0.3 is 0 Å². The van der Waals surface area contributed by atoms with Crippen LogP contribution in [-0.4, -0.2) is 21.4 Å². The number of thioether (sulfide) groups is 1. The molecule has 104 valence electrons. The predicted octanol–water partition coefficient (Wildman–Crippen LogP) is 4.24. The maximum atomic E-state index is 4.46. The molecule has 0 saturated heterocycles. The van der Waals surface area contributed by atoms with Gasteiger partial charge >= 0.3 is 0 Å². The number of hydrogen-bond acceptors (Lipinski definition) is 4. The Labute approximate surface area is 128 Å². The molecule has 3 nitrogen and oxygen atoms in total. The normalized spacial score (nSPS) is 10.6. The second-order valence-corrected chi connectivity index (χ2v) is 5.55. The molecule has 2 aromatic carbocycles. The van der Waals surface area contributed by atoms with Crippen molar-refractivity contribution in [1.29, 1.82) is 0 Å². The molecule has 0 aliphatic carbocycles. The lowest BCUT2D eigenvalue weighted by atomic mass is 10.0. The molecule has 21 heavy (non-hydrogen) atoms. The second-order valence-electron chi connectivity index (χ2n) is 4.77. The van der Waals surface area contributed by atoms with Crippen LogP contribution in [0.15, 0.2) is 59.9 Å². The molecule has 0 unspecified atom stereocenters. The third-order valence-electron chi connectivity index (χ3n) is 3.29. The Morgan fingerprint density at radius 1 is 0.810 bits per heavy atom. The largest absolute Gasteiger partial charge is 0.219 e. The van der Waals surface area contributed by atoms with Gasteiger partial charge in [-0.1, -0.05) is 65.9 Å². The van der Waals surface area contributed by atoms with Crippen LogP contribution in [0.5, 0.6) is 0 Å². The van der Waals surface area contributed by atoms with Gasteiger partial charge in [-0.05, 0) is 24.3 Å². The van der Waals surface area contributed by atoms with E-state index in [0.717, 1.165) is 11.3 Å². The molecular weight excluding hydrogens is 278 g/mol. The Morgan fingerprint density at radius 3 is 2.00 bits per heavy atom. The average molecular weight is 293 g/mol. The zero-order valence-corrected chi connectivity index (χ0v) is 12.8. The van der Waals surface area contributed by atoms with Gasteiger partial charge in [-0.3, -0.25) is 0 Å². The summed E-state index contributed by atoms with van der Waals surface area (Å²) in [5, 5.41) is 8.64. The van der Waals surface area contributed by atoms with Gasteiger partial charge in [0.2, 0.25) is 5.16 Å². The lowest BCUT2D eigenvalue weighted by Gasteiger charge is -2.05. The molecule has 1 heterocycles. The maximum Gasteiger partial charge on any atom is 0.209 e. The topological polar surface area (TPSA) is 38.7 Å². The van der Waals surface area contributed by atoms with Crippen LogP contribution in [0.3, 0.4) is 0 Å². The molecule has 0 radical (unpaired) electrons. The first-order chi connectivity index (χ1) is 10.3. The molecule has 0 atom stereocenters. The molecule has 0 aliphatic heterocycles. The first-order valence-corrected chi connectivity index (χ1v) is 7.90. The number of nitrogens with zero attached hydrogens (tertiary/aromatic N) is 3. The predicted molar refractivity (Wildman–Crippen MR) is 87.2 cm³/mol. The van der Waals surface area contributed by atoms with Crippen LogP contribution in [0.25, 0.3) is 22.4 Å². The van der Waals surface area contributed by atoms with Crippen molar-refractivity contribution in [3.63, 3.8) is 0 Å². The van der Waals surface area contributed by atoms with Crippen molar-refractivity contribution in [3.05, 3.63) is 60.3 Å². The molecule has 3 aromatic rings. The van der Waals surface area contributed by atoms with Gasteiger partial charge in [0.05, 0.1) is 11.9 Å². The van der Waals surface area contributed by atoms with Crippen molar-refractivity contribution in [3.8, 4) is 22.4 Å². The number of hydrogen-bond donors (Lipinski definition) is 0. The Morgan fingerprint density at radius 2 is 1.38 bits per heavy atom. The van der Waals surface area contributed by atoms with E-state index in [2.05, 4.69) is 70.6 Å². The average Bonchev–Trinajstić information content (AvgIpc) is 2.56. The van der Waals surface area contributed by atoms with Crippen LogP contribution in [0.4, 0.5) is 0 Å². The summed E-state index contributed by atoms with van der Waals surface area (Å²) in [6.45, 7) is 2.10. The quantitative estimate of drug-likeness (QED) is 0.677. The van der Waals surface area contributed by atoms with Gasteiger partial charge in [0.25, 0.3) is 0 Å². The molecule has 0 N–H and O–H groups in total. The van der Waals surface area contributed by atoms with Crippen molar-refractivity contribution < 1.29 is 0 Å². The summed E-state index contributed by atoms with van der Waals surface area (Å²) in [4.78, 5) is 4.46.